The van der Waals surface area contributed by atoms with Crippen LogP contribution in [-0.2, 0) is 0 Å². The quantitative estimate of drug-likeness (QED) is 0.537. The van der Waals surface area contributed by atoms with E-state index in [1.807, 2.05) is 48.5 Å². The maximum Gasteiger partial charge on any atom is 0.119 e. The van der Waals surface area contributed by atoms with Crippen LogP contribution in [0, 0.1) is 0 Å². The SMILES string of the molecule is C=CC(O)c1ccc(C(C)c2ccccc2O)cc1C(C)c1ccccc1. The predicted octanol–water partition coefficient (Wildman–Crippen LogP) is 5.92. The maximum absolute atomic E-state index is 10.4. The van der Waals surface area contributed by atoms with Crippen molar-refractivity contribution in [2.75, 3.05) is 0 Å². The third kappa shape index (κ3) is 3.96. The van der Waals surface area contributed by atoms with E-state index in [4.69, 9.17) is 0 Å². The highest BCUT2D eigenvalue weighted by Crippen LogP contribution is 2.36. The number of aliphatic hydroxyl groups is 1. The summed E-state index contributed by atoms with van der Waals surface area (Å²) in [6, 6.07) is 23.9. The minimum atomic E-state index is -0.708. The number of para-hydroxylation sites is 1. The van der Waals surface area contributed by atoms with Gasteiger partial charge >= 0.3 is 0 Å². The van der Waals surface area contributed by atoms with Gasteiger partial charge in [0.05, 0.1) is 6.10 Å². The molecule has 0 aliphatic heterocycles. The van der Waals surface area contributed by atoms with Gasteiger partial charge in [-0.05, 0) is 28.3 Å². The number of phenolic OH excluding ortho intramolecular Hbond substituents is 1. The normalized spacial score (nSPS) is 14.3. The zero-order valence-electron chi connectivity index (χ0n) is 15.8. The molecule has 3 atom stereocenters. The molecule has 2 N–H and O–H groups in total. The van der Waals surface area contributed by atoms with E-state index in [-0.39, 0.29) is 11.8 Å². The zero-order valence-corrected chi connectivity index (χ0v) is 15.8. The number of phenols is 1. The second kappa shape index (κ2) is 8.24. The van der Waals surface area contributed by atoms with Crippen LogP contribution in [0.3, 0.4) is 0 Å². The van der Waals surface area contributed by atoms with Gasteiger partial charge in [0, 0.05) is 17.4 Å². The molecule has 0 spiro atoms. The Bertz CT molecular complexity index is 915. The van der Waals surface area contributed by atoms with Gasteiger partial charge in [-0.1, -0.05) is 86.7 Å². The number of benzene rings is 3. The van der Waals surface area contributed by atoms with Gasteiger partial charge in [-0.2, -0.15) is 0 Å². The summed E-state index contributed by atoms with van der Waals surface area (Å²) in [4.78, 5) is 0. The lowest BCUT2D eigenvalue weighted by molar-refractivity contribution is 0.227. The monoisotopic (exact) mass is 358 g/mol. The van der Waals surface area contributed by atoms with Gasteiger partial charge in [0.25, 0.3) is 0 Å². The molecule has 0 aliphatic rings. The van der Waals surface area contributed by atoms with Crippen LogP contribution in [0.1, 0.15) is 59.6 Å². The molecule has 27 heavy (non-hydrogen) atoms. The van der Waals surface area contributed by atoms with Crippen molar-refractivity contribution in [1.82, 2.24) is 0 Å². The van der Waals surface area contributed by atoms with E-state index in [2.05, 4.69) is 38.6 Å². The molecule has 3 aromatic carbocycles. The van der Waals surface area contributed by atoms with Gasteiger partial charge in [0.2, 0.25) is 0 Å². The van der Waals surface area contributed by atoms with Crippen LogP contribution in [0.5, 0.6) is 5.75 Å². The van der Waals surface area contributed by atoms with E-state index in [0.29, 0.717) is 5.75 Å². The maximum atomic E-state index is 10.4. The second-order valence-electron chi connectivity index (χ2n) is 6.98. The molecule has 3 unspecified atom stereocenters. The molecule has 138 valence electrons. The largest absolute Gasteiger partial charge is 0.508 e. The molecule has 3 aromatic rings. The fraction of sp³-hybridized carbons (Fsp3) is 0.200. The van der Waals surface area contributed by atoms with E-state index in [1.165, 1.54) is 5.56 Å². The molecule has 0 bridgehead atoms. The topological polar surface area (TPSA) is 40.5 Å². The summed E-state index contributed by atoms with van der Waals surface area (Å²) >= 11 is 0. The van der Waals surface area contributed by atoms with Gasteiger partial charge in [-0.15, -0.1) is 6.58 Å². The first kappa shape index (κ1) is 18.9. The average Bonchev–Trinajstić information content (AvgIpc) is 2.72. The molecule has 2 nitrogen and oxygen atoms in total. The third-order valence-corrected chi connectivity index (χ3v) is 5.32. The van der Waals surface area contributed by atoms with Crippen LogP contribution in [-0.4, -0.2) is 10.2 Å². The van der Waals surface area contributed by atoms with E-state index in [1.54, 1.807) is 12.1 Å². The van der Waals surface area contributed by atoms with Crippen molar-refractivity contribution in [2.45, 2.75) is 31.8 Å². The molecule has 2 heteroatoms. The first-order chi connectivity index (χ1) is 13.0. The Kier molecular flexibility index (Phi) is 5.78. The van der Waals surface area contributed by atoms with Crippen LogP contribution in [0.4, 0.5) is 0 Å². The minimum Gasteiger partial charge on any atom is -0.508 e. The Labute approximate surface area is 161 Å². The van der Waals surface area contributed by atoms with E-state index < -0.39 is 6.10 Å². The van der Waals surface area contributed by atoms with Gasteiger partial charge in [-0.25, -0.2) is 0 Å². The summed E-state index contributed by atoms with van der Waals surface area (Å²) in [6.45, 7) is 7.98. The van der Waals surface area contributed by atoms with Crippen LogP contribution < -0.4 is 0 Å². The highest BCUT2D eigenvalue weighted by atomic mass is 16.3. The summed E-state index contributed by atoms with van der Waals surface area (Å²) in [5.74, 6) is 0.480. The fourth-order valence-corrected chi connectivity index (χ4v) is 3.59. The Morgan fingerprint density at radius 1 is 0.741 bits per heavy atom. The lowest BCUT2D eigenvalue weighted by Crippen LogP contribution is -2.07. The summed E-state index contributed by atoms with van der Waals surface area (Å²) in [6.07, 6.45) is 0.850. The molecule has 0 fully saturated rings. The zero-order chi connectivity index (χ0) is 19.4. The van der Waals surface area contributed by atoms with Crippen molar-refractivity contribution in [3.8, 4) is 5.75 Å². The molecule has 0 saturated heterocycles. The van der Waals surface area contributed by atoms with Crippen molar-refractivity contribution < 1.29 is 10.2 Å². The van der Waals surface area contributed by atoms with Crippen LogP contribution >= 0.6 is 0 Å². The van der Waals surface area contributed by atoms with E-state index >= 15 is 0 Å². The van der Waals surface area contributed by atoms with E-state index in [9.17, 15) is 10.2 Å². The Morgan fingerprint density at radius 3 is 2.04 bits per heavy atom. The summed E-state index contributed by atoms with van der Waals surface area (Å²) in [5.41, 5.74) is 5.15. The van der Waals surface area contributed by atoms with Gasteiger partial charge in [-0.3, -0.25) is 0 Å². The summed E-state index contributed by atoms with van der Waals surface area (Å²) in [7, 11) is 0. The summed E-state index contributed by atoms with van der Waals surface area (Å²) < 4.78 is 0. The third-order valence-electron chi connectivity index (χ3n) is 5.32. The Hall–Kier alpha value is -2.84. The Balaban J connectivity index is 2.08. The molecule has 3 rings (SSSR count). The average molecular weight is 358 g/mol. The second-order valence-corrected chi connectivity index (χ2v) is 6.98. The van der Waals surface area contributed by atoms with Crippen molar-refractivity contribution in [1.29, 1.82) is 0 Å². The van der Waals surface area contributed by atoms with E-state index in [0.717, 1.165) is 22.3 Å². The highest BCUT2D eigenvalue weighted by Gasteiger charge is 2.20. The van der Waals surface area contributed by atoms with Crippen molar-refractivity contribution in [3.05, 3.63) is 113 Å². The summed E-state index contributed by atoms with van der Waals surface area (Å²) in [5, 5.41) is 20.7. The van der Waals surface area contributed by atoms with Crippen LogP contribution in [0.2, 0.25) is 0 Å². The predicted molar refractivity (Wildman–Crippen MR) is 111 cm³/mol. The Morgan fingerprint density at radius 2 is 1.37 bits per heavy atom. The van der Waals surface area contributed by atoms with Crippen molar-refractivity contribution in [2.24, 2.45) is 0 Å². The lowest BCUT2D eigenvalue weighted by atomic mass is 9.83. The first-order valence-electron chi connectivity index (χ1n) is 9.30. The standard InChI is InChI=1S/C25H26O2/c1-4-24(26)22-15-14-20(18(3)21-12-8-9-13-25(21)27)16-23(22)17(2)19-10-6-5-7-11-19/h4-18,24,26-27H,1H2,2-3H3. The molecule has 0 heterocycles. The van der Waals surface area contributed by atoms with Crippen molar-refractivity contribution in [3.63, 3.8) is 0 Å². The molecule has 0 radical (unpaired) electrons. The lowest BCUT2D eigenvalue weighted by Gasteiger charge is -2.22. The smallest absolute Gasteiger partial charge is 0.119 e. The highest BCUT2D eigenvalue weighted by molar-refractivity contribution is 5.46. The number of aromatic hydroxyl groups is 1. The number of hydrogen-bond donors (Lipinski definition) is 2. The number of rotatable bonds is 6. The van der Waals surface area contributed by atoms with Gasteiger partial charge in [0.1, 0.15) is 5.75 Å². The van der Waals surface area contributed by atoms with Gasteiger partial charge < -0.3 is 10.2 Å². The van der Waals surface area contributed by atoms with Crippen LogP contribution in [0.15, 0.2) is 85.5 Å². The minimum absolute atomic E-state index is 0.0443. The molecule has 0 amide bonds. The molecular formula is C25H26O2. The fourth-order valence-electron chi connectivity index (χ4n) is 3.59. The molecule has 0 aliphatic carbocycles. The van der Waals surface area contributed by atoms with Crippen LogP contribution in [0.25, 0.3) is 0 Å². The van der Waals surface area contributed by atoms with Crippen molar-refractivity contribution >= 4 is 0 Å². The molecule has 0 saturated carbocycles. The first-order valence-corrected chi connectivity index (χ1v) is 9.30. The van der Waals surface area contributed by atoms with Gasteiger partial charge in [0.15, 0.2) is 0 Å². The molecule has 0 aromatic heterocycles. The molecular weight excluding hydrogens is 332 g/mol. The number of aliphatic hydroxyl groups excluding tert-OH is 1. The number of hydrogen-bond acceptors (Lipinski definition) is 2.